The molecule has 1 aromatic rings. The number of hydrogen-bond acceptors (Lipinski definition) is 3. The summed E-state index contributed by atoms with van der Waals surface area (Å²) in [6.45, 7) is 6.83. The van der Waals surface area contributed by atoms with Gasteiger partial charge in [0.25, 0.3) is 0 Å². The van der Waals surface area contributed by atoms with E-state index in [0.717, 1.165) is 30.4 Å². The summed E-state index contributed by atoms with van der Waals surface area (Å²) in [7, 11) is 0. The van der Waals surface area contributed by atoms with Gasteiger partial charge in [-0.3, -0.25) is 0 Å². The van der Waals surface area contributed by atoms with Crippen LogP contribution in [0.25, 0.3) is 0 Å². The van der Waals surface area contributed by atoms with E-state index in [1.165, 1.54) is 18.4 Å². The second-order valence-electron chi connectivity index (χ2n) is 5.71. The number of ether oxygens (including phenoxy) is 1. The Labute approximate surface area is 155 Å². The number of aliphatic imine (C=N–C) groups is 1. The predicted octanol–water partition coefficient (Wildman–Crippen LogP) is 2.45. The van der Waals surface area contributed by atoms with Crippen molar-refractivity contribution in [3.63, 3.8) is 0 Å². The number of benzene rings is 1. The van der Waals surface area contributed by atoms with Crippen molar-refractivity contribution in [1.82, 2.24) is 10.6 Å². The van der Waals surface area contributed by atoms with Crippen molar-refractivity contribution in [3.05, 3.63) is 29.3 Å². The molecule has 0 spiro atoms. The molecule has 6 heteroatoms. The number of aliphatic hydroxyl groups is 1. The van der Waals surface area contributed by atoms with Gasteiger partial charge < -0.3 is 20.5 Å². The first-order chi connectivity index (χ1) is 10.7. The molecule has 0 amide bonds. The summed E-state index contributed by atoms with van der Waals surface area (Å²) in [6.07, 6.45) is 2.57. The molecular formula is C17H28IN3O2. The molecule has 0 bridgehead atoms. The van der Waals surface area contributed by atoms with Gasteiger partial charge in [0.05, 0.1) is 19.8 Å². The molecule has 0 aliphatic heterocycles. The molecule has 0 atom stereocenters. The number of rotatable bonds is 8. The number of nitrogens with zero attached hydrogens (tertiary/aromatic N) is 1. The molecule has 0 saturated heterocycles. The largest absolute Gasteiger partial charge is 0.493 e. The van der Waals surface area contributed by atoms with E-state index in [4.69, 9.17) is 9.84 Å². The molecule has 0 unspecified atom stereocenters. The normalized spacial score (nSPS) is 14.1. The molecule has 23 heavy (non-hydrogen) atoms. The van der Waals surface area contributed by atoms with Gasteiger partial charge in [-0.1, -0.05) is 12.1 Å². The van der Waals surface area contributed by atoms with Crippen LogP contribution in [-0.2, 0) is 6.54 Å². The van der Waals surface area contributed by atoms with Crippen LogP contribution in [-0.4, -0.2) is 37.4 Å². The molecule has 1 fully saturated rings. The summed E-state index contributed by atoms with van der Waals surface area (Å²) in [6, 6.07) is 6.25. The highest BCUT2D eigenvalue weighted by Gasteiger charge is 2.22. The molecule has 1 aliphatic carbocycles. The lowest BCUT2D eigenvalue weighted by atomic mass is 10.1. The number of aliphatic hydroxyl groups excluding tert-OH is 1. The second kappa shape index (κ2) is 10.7. The lowest BCUT2D eigenvalue weighted by Crippen LogP contribution is -2.38. The van der Waals surface area contributed by atoms with Crippen LogP contribution in [0.15, 0.2) is 23.2 Å². The monoisotopic (exact) mass is 433 g/mol. The van der Waals surface area contributed by atoms with Crippen LogP contribution in [0.1, 0.15) is 30.9 Å². The van der Waals surface area contributed by atoms with Gasteiger partial charge in [0, 0.05) is 18.7 Å². The third kappa shape index (κ3) is 7.39. The van der Waals surface area contributed by atoms with Crippen LogP contribution in [0.5, 0.6) is 5.75 Å². The van der Waals surface area contributed by atoms with Gasteiger partial charge in [-0.05, 0) is 44.2 Å². The van der Waals surface area contributed by atoms with Gasteiger partial charge in [0.2, 0.25) is 0 Å². The molecule has 1 aliphatic rings. The van der Waals surface area contributed by atoms with Crippen LogP contribution in [0.3, 0.4) is 0 Å². The average Bonchev–Trinajstić information content (AvgIpc) is 3.33. The Morgan fingerprint density at radius 2 is 2.13 bits per heavy atom. The standard InChI is InChI=1S/C17H27N3O2.HI/c1-3-18-17(19-8-9-21)20-11-15-7-4-13(2)10-16(15)22-12-14-5-6-14;/h4,7,10,14,21H,3,5-6,8-9,11-12H2,1-2H3,(H2,18,19,20);1H. The van der Waals surface area contributed by atoms with E-state index in [0.29, 0.717) is 19.0 Å². The molecule has 1 saturated carbocycles. The summed E-state index contributed by atoms with van der Waals surface area (Å²) >= 11 is 0. The number of guanidine groups is 1. The van der Waals surface area contributed by atoms with Crippen molar-refractivity contribution in [3.8, 4) is 5.75 Å². The molecule has 130 valence electrons. The predicted molar refractivity (Wildman–Crippen MR) is 105 cm³/mol. The summed E-state index contributed by atoms with van der Waals surface area (Å²) in [5.41, 5.74) is 2.29. The van der Waals surface area contributed by atoms with Crippen molar-refractivity contribution in [1.29, 1.82) is 0 Å². The number of halogens is 1. The van der Waals surface area contributed by atoms with Gasteiger partial charge >= 0.3 is 0 Å². The van der Waals surface area contributed by atoms with Crippen LogP contribution in [0.4, 0.5) is 0 Å². The first-order valence-electron chi connectivity index (χ1n) is 8.08. The highest BCUT2D eigenvalue weighted by Crippen LogP contribution is 2.30. The zero-order chi connectivity index (χ0) is 15.8. The topological polar surface area (TPSA) is 65.9 Å². The molecule has 0 heterocycles. The first kappa shape index (κ1) is 20.0. The molecule has 1 aromatic carbocycles. The smallest absolute Gasteiger partial charge is 0.191 e. The number of hydrogen-bond donors (Lipinski definition) is 3. The van der Waals surface area contributed by atoms with Crippen molar-refractivity contribution < 1.29 is 9.84 Å². The minimum absolute atomic E-state index is 0. The maximum atomic E-state index is 8.91. The van der Waals surface area contributed by atoms with Gasteiger partial charge in [-0.25, -0.2) is 4.99 Å². The molecular weight excluding hydrogens is 405 g/mol. The second-order valence-corrected chi connectivity index (χ2v) is 5.71. The van der Waals surface area contributed by atoms with E-state index in [1.54, 1.807) is 0 Å². The van der Waals surface area contributed by atoms with E-state index >= 15 is 0 Å². The minimum atomic E-state index is 0. The Hall–Kier alpha value is -1.02. The van der Waals surface area contributed by atoms with Gasteiger partial charge in [-0.15, -0.1) is 24.0 Å². The maximum absolute atomic E-state index is 8.91. The molecule has 0 aromatic heterocycles. The molecule has 3 N–H and O–H groups in total. The van der Waals surface area contributed by atoms with E-state index < -0.39 is 0 Å². The first-order valence-corrected chi connectivity index (χ1v) is 8.08. The lowest BCUT2D eigenvalue weighted by molar-refractivity contribution is 0.296. The van der Waals surface area contributed by atoms with E-state index in [-0.39, 0.29) is 30.6 Å². The Kier molecular flexibility index (Phi) is 9.31. The Morgan fingerprint density at radius 1 is 1.35 bits per heavy atom. The fourth-order valence-electron chi connectivity index (χ4n) is 2.10. The fraction of sp³-hybridized carbons (Fsp3) is 0.588. The summed E-state index contributed by atoms with van der Waals surface area (Å²) < 4.78 is 5.97. The highest BCUT2D eigenvalue weighted by atomic mass is 127. The summed E-state index contributed by atoms with van der Waals surface area (Å²) in [4.78, 5) is 4.56. The van der Waals surface area contributed by atoms with Crippen LogP contribution < -0.4 is 15.4 Å². The lowest BCUT2D eigenvalue weighted by Gasteiger charge is -2.13. The Morgan fingerprint density at radius 3 is 2.78 bits per heavy atom. The average molecular weight is 433 g/mol. The third-order valence-electron chi connectivity index (χ3n) is 3.55. The van der Waals surface area contributed by atoms with Gasteiger partial charge in [0.1, 0.15) is 5.75 Å². The zero-order valence-electron chi connectivity index (χ0n) is 14.0. The van der Waals surface area contributed by atoms with Crippen molar-refractivity contribution in [2.24, 2.45) is 10.9 Å². The van der Waals surface area contributed by atoms with Gasteiger partial charge in [0.15, 0.2) is 5.96 Å². The van der Waals surface area contributed by atoms with E-state index in [2.05, 4.69) is 40.7 Å². The summed E-state index contributed by atoms with van der Waals surface area (Å²) in [5, 5.41) is 15.2. The van der Waals surface area contributed by atoms with Gasteiger partial charge in [-0.2, -0.15) is 0 Å². The molecule has 5 nitrogen and oxygen atoms in total. The van der Waals surface area contributed by atoms with Crippen LogP contribution in [0.2, 0.25) is 0 Å². The van der Waals surface area contributed by atoms with E-state index in [9.17, 15) is 0 Å². The quantitative estimate of drug-likeness (QED) is 0.335. The zero-order valence-corrected chi connectivity index (χ0v) is 16.3. The number of nitrogens with one attached hydrogen (secondary N) is 2. The molecule has 0 radical (unpaired) electrons. The Balaban J connectivity index is 0.00000264. The summed E-state index contributed by atoms with van der Waals surface area (Å²) in [5.74, 6) is 2.39. The van der Waals surface area contributed by atoms with Crippen LogP contribution in [0, 0.1) is 12.8 Å². The SMILES string of the molecule is CCNC(=NCc1ccc(C)cc1OCC1CC1)NCCO.I. The Bertz CT molecular complexity index is 505. The number of aryl methyl sites for hydroxylation is 1. The van der Waals surface area contributed by atoms with Crippen molar-refractivity contribution >= 4 is 29.9 Å². The fourth-order valence-corrected chi connectivity index (χ4v) is 2.10. The van der Waals surface area contributed by atoms with E-state index in [1.807, 2.05) is 6.92 Å². The minimum Gasteiger partial charge on any atom is -0.493 e. The van der Waals surface area contributed by atoms with Crippen LogP contribution >= 0.6 is 24.0 Å². The van der Waals surface area contributed by atoms with Crippen molar-refractivity contribution in [2.75, 3.05) is 26.3 Å². The molecule has 2 rings (SSSR count). The van der Waals surface area contributed by atoms with Crippen molar-refractivity contribution in [2.45, 2.75) is 33.2 Å². The maximum Gasteiger partial charge on any atom is 0.191 e. The highest BCUT2D eigenvalue weighted by molar-refractivity contribution is 14.0. The third-order valence-corrected chi connectivity index (χ3v) is 3.55.